The lowest BCUT2D eigenvalue weighted by molar-refractivity contribution is 0.102. The van der Waals surface area contributed by atoms with Gasteiger partial charge in [-0.2, -0.15) is 0 Å². The van der Waals surface area contributed by atoms with Gasteiger partial charge in [0.2, 0.25) is 0 Å². The quantitative estimate of drug-likeness (QED) is 0.330. The number of aliphatic hydroxyl groups excluding tert-OH is 1. The van der Waals surface area contributed by atoms with E-state index in [2.05, 4.69) is 16.5 Å². The summed E-state index contributed by atoms with van der Waals surface area (Å²) in [7, 11) is 0. The van der Waals surface area contributed by atoms with Crippen molar-refractivity contribution in [1.82, 2.24) is 14.1 Å². The average Bonchev–Trinajstić information content (AvgIpc) is 3.00. The van der Waals surface area contributed by atoms with E-state index < -0.39 is 0 Å². The predicted molar refractivity (Wildman–Crippen MR) is 117 cm³/mol. The van der Waals surface area contributed by atoms with Gasteiger partial charge in [0, 0.05) is 36.6 Å². The molecular weight excluding hydrogens is 386 g/mol. The number of rotatable bonds is 9. The van der Waals surface area contributed by atoms with Crippen LogP contribution < -0.4 is 5.56 Å². The third kappa shape index (κ3) is 4.46. The van der Waals surface area contributed by atoms with Gasteiger partial charge in [-0.25, -0.2) is 4.98 Å². The summed E-state index contributed by atoms with van der Waals surface area (Å²) in [6, 6.07) is 9.15. The van der Waals surface area contributed by atoms with Crippen molar-refractivity contribution in [3.05, 3.63) is 57.6 Å². The molecule has 29 heavy (non-hydrogen) atoms. The zero-order chi connectivity index (χ0) is 21.0. The molecule has 3 aromatic rings. The molecule has 0 spiro atoms. The molecule has 3 rings (SSSR count). The molecule has 6 nitrogen and oxygen atoms in total. The summed E-state index contributed by atoms with van der Waals surface area (Å²) in [5.74, 6) is 0.238. The number of ketones is 1. The van der Waals surface area contributed by atoms with Gasteiger partial charge in [-0.1, -0.05) is 30.8 Å². The number of benzene rings is 1. The highest BCUT2D eigenvalue weighted by molar-refractivity contribution is 7.99. The highest BCUT2D eigenvalue weighted by Gasteiger charge is 2.18. The minimum atomic E-state index is -0.139. The fourth-order valence-electron chi connectivity index (χ4n) is 3.54. The van der Waals surface area contributed by atoms with Crippen LogP contribution in [0.25, 0.3) is 10.9 Å². The van der Waals surface area contributed by atoms with Crippen molar-refractivity contribution in [3.8, 4) is 0 Å². The Bertz CT molecular complexity index is 1080. The van der Waals surface area contributed by atoms with E-state index in [1.165, 1.54) is 11.8 Å². The number of thioether (sulfide) groups is 1. The zero-order valence-corrected chi connectivity index (χ0v) is 18.0. The molecular formula is C22H27N3O3S. The molecule has 0 bridgehead atoms. The third-order valence-corrected chi connectivity index (χ3v) is 6.00. The number of nitrogens with zero attached hydrogens (tertiary/aromatic N) is 3. The Hall–Kier alpha value is -2.38. The smallest absolute Gasteiger partial charge is 0.262 e. The van der Waals surface area contributed by atoms with Gasteiger partial charge in [0.1, 0.15) is 0 Å². The van der Waals surface area contributed by atoms with E-state index in [-0.39, 0.29) is 23.7 Å². The second-order valence-corrected chi connectivity index (χ2v) is 8.04. The van der Waals surface area contributed by atoms with Crippen LogP contribution in [0.3, 0.4) is 0 Å². The molecule has 154 valence electrons. The molecule has 7 heteroatoms. The van der Waals surface area contributed by atoms with Crippen molar-refractivity contribution in [2.75, 3.05) is 12.4 Å². The van der Waals surface area contributed by atoms with Crippen LogP contribution >= 0.6 is 11.8 Å². The summed E-state index contributed by atoms with van der Waals surface area (Å²) in [5, 5.41) is 10.3. The van der Waals surface area contributed by atoms with Crippen LogP contribution in [0, 0.1) is 13.8 Å². The number of aromatic nitrogens is 3. The summed E-state index contributed by atoms with van der Waals surface area (Å²) in [6.07, 6.45) is 1.47. The van der Waals surface area contributed by atoms with E-state index in [0.717, 1.165) is 29.9 Å². The molecule has 0 aliphatic rings. The molecule has 0 saturated heterocycles. The Morgan fingerprint density at radius 2 is 1.93 bits per heavy atom. The number of hydrogen-bond donors (Lipinski definition) is 1. The van der Waals surface area contributed by atoms with Gasteiger partial charge in [0.25, 0.3) is 5.56 Å². The summed E-state index contributed by atoms with van der Waals surface area (Å²) in [5.41, 5.74) is 3.28. The van der Waals surface area contributed by atoms with Crippen LogP contribution in [-0.4, -0.2) is 37.4 Å². The van der Waals surface area contributed by atoms with Crippen LogP contribution in [0.1, 0.15) is 41.5 Å². The molecule has 2 heterocycles. The predicted octanol–water partition coefficient (Wildman–Crippen LogP) is 3.58. The number of hydrogen-bond acceptors (Lipinski definition) is 5. The molecule has 0 aliphatic heterocycles. The van der Waals surface area contributed by atoms with Gasteiger partial charge in [-0.05, 0) is 44.9 Å². The first-order chi connectivity index (χ1) is 14.0. The van der Waals surface area contributed by atoms with E-state index in [1.807, 2.05) is 32.0 Å². The minimum absolute atomic E-state index is 0.00821. The number of Topliss-reactive ketones (excluding diaryl/α,β-unsaturated/α-hetero) is 1. The summed E-state index contributed by atoms with van der Waals surface area (Å²) in [4.78, 5) is 30.4. The number of aryl methyl sites for hydroxylation is 1. The van der Waals surface area contributed by atoms with E-state index in [1.54, 1.807) is 16.7 Å². The van der Waals surface area contributed by atoms with Crippen LogP contribution in [0.2, 0.25) is 0 Å². The first-order valence-electron chi connectivity index (χ1n) is 9.91. The Kier molecular flexibility index (Phi) is 6.92. The Morgan fingerprint density at radius 3 is 2.66 bits per heavy atom. The van der Waals surface area contributed by atoms with Crippen molar-refractivity contribution < 1.29 is 9.90 Å². The Morgan fingerprint density at radius 1 is 1.17 bits per heavy atom. The van der Waals surface area contributed by atoms with Crippen molar-refractivity contribution >= 4 is 28.4 Å². The monoisotopic (exact) mass is 413 g/mol. The lowest BCUT2D eigenvalue weighted by atomic mass is 10.2. The molecule has 2 aromatic heterocycles. The summed E-state index contributed by atoms with van der Waals surface area (Å²) in [6.45, 7) is 7.37. The highest BCUT2D eigenvalue weighted by atomic mass is 32.2. The molecule has 0 aliphatic carbocycles. The largest absolute Gasteiger partial charge is 0.396 e. The van der Waals surface area contributed by atoms with Crippen LogP contribution in [0.5, 0.6) is 0 Å². The summed E-state index contributed by atoms with van der Waals surface area (Å²) < 4.78 is 3.74. The van der Waals surface area contributed by atoms with Gasteiger partial charge in [0.05, 0.1) is 16.7 Å². The fraction of sp³-hybridized carbons (Fsp3) is 0.409. The second-order valence-electron chi connectivity index (χ2n) is 7.09. The molecule has 0 saturated carbocycles. The first-order valence-corrected chi connectivity index (χ1v) is 10.9. The number of aliphatic hydroxyl groups is 1. The third-order valence-electron chi connectivity index (χ3n) is 5.02. The maximum atomic E-state index is 12.9. The minimum Gasteiger partial charge on any atom is -0.396 e. The van der Waals surface area contributed by atoms with E-state index in [9.17, 15) is 14.7 Å². The van der Waals surface area contributed by atoms with Gasteiger partial charge in [-0.15, -0.1) is 0 Å². The summed E-state index contributed by atoms with van der Waals surface area (Å²) >= 11 is 1.28. The van der Waals surface area contributed by atoms with E-state index in [4.69, 9.17) is 0 Å². The first kappa shape index (κ1) is 21.3. The van der Waals surface area contributed by atoms with Gasteiger partial charge in [-0.3, -0.25) is 14.2 Å². The lowest BCUT2D eigenvalue weighted by Gasteiger charge is -2.12. The fourth-order valence-corrected chi connectivity index (χ4v) is 4.45. The number of carbonyl (C=O) groups is 1. The maximum Gasteiger partial charge on any atom is 0.262 e. The normalized spacial score (nSPS) is 11.3. The molecule has 0 fully saturated rings. The lowest BCUT2D eigenvalue weighted by Crippen LogP contribution is -2.24. The molecule has 0 amide bonds. The van der Waals surface area contributed by atoms with Gasteiger partial charge < -0.3 is 9.67 Å². The standard InChI is InChI=1S/C22H27N3O3S/c1-4-10-24-15(2)13-18(16(24)3)20(27)14-29-22-23-19-9-6-5-8-17(19)21(28)25(22)11-7-12-26/h5-6,8-9,13,26H,4,7,10-12,14H2,1-3H3. The average molecular weight is 414 g/mol. The zero-order valence-electron chi connectivity index (χ0n) is 17.1. The SMILES string of the molecule is CCCn1c(C)cc(C(=O)CSc2nc3ccccc3c(=O)n2CCCO)c1C. The topological polar surface area (TPSA) is 77.1 Å². The Labute approximate surface area is 174 Å². The van der Waals surface area contributed by atoms with Crippen molar-refractivity contribution in [3.63, 3.8) is 0 Å². The van der Waals surface area contributed by atoms with E-state index in [0.29, 0.717) is 29.0 Å². The molecule has 0 atom stereocenters. The van der Waals surface area contributed by atoms with Crippen molar-refractivity contribution in [2.45, 2.75) is 51.9 Å². The van der Waals surface area contributed by atoms with Crippen molar-refractivity contribution in [2.24, 2.45) is 0 Å². The number of carbonyl (C=O) groups excluding carboxylic acids is 1. The van der Waals surface area contributed by atoms with Crippen LogP contribution in [-0.2, 0) is 13.1 Å². The maximum absolute atomic E-state index is 12.9. The molecule has 0 radical (unpaired) electrons. The van der Waals surface area contributed by atoms with Gasteiger partial charge >= 0.3 is 0 Å². The second kappa shape index (κ2) is 9.41. The number of fused-ring (bicyclic) bond motifs is 1. The van der Waals surface area contributed by atoms with Crippen LogP contribution in [0.15, 0.2) is 40.3 Å². The number of para-hydroxylation sites is 1. The molecule has 1 N–H and O–H groups in total. The van der Waals surface area contributed by atoms with Crippen molar-refractivity contribution in [1.29, 1.82) is 0 Å². The van der Waals surface area contributed by atoms with Gasteiger partial charge in [0.15, 0.2) is 10.9 Å². The van der Waals surface area contributed by atoms with E-state index >= 15 is 0 Å². The highest BCUT2D eigenvalue weighted by Crippen LogP contribution is 2.22. The van der Waals surface area contributed by atoms with Crippen LogP contribution in [0.4, 0.5) is 0 Å². The Balaban J connectivity index is 1.89. The molecule has 1 aromatic carbocycles. The molecule has 0 unspecified atom stereocenters.